The van der Waals surface area contributed by atoms with E-state index in [2.05, 4.69) is 5.32 Å². The summed E-state index contributed by atoms with van der Waals surface area (Å²) >= 11 is 5.98. The van der Waals surface area contributed by atoms with Crippen LogP contribution in [0, 0.1) is 0 Å². The summed E-state index contributed by atoms with van der Waals surface area (Å²) in [7, 11) is 1.46. The van der Waals surface area contributed by atoms with E-state index in [4.69, 9.17) is 21.1 Å². The monoisotopic (exact) mass is 418 g/mol. The van der Waals surface area contributed by atoms with Crippen molar-refractivity contribution in [3.63, 3.8) is 0 Å². The number of fused-ring (bicyclic) bond motifs is 1. The number of ether oxygens (including phenoxy) is 2. The second-order valence-electron chi connectivity index (χ2n) is 6.88. The molecule has 2 N–H and O–H groups in total. The first-order valence-electron chi connectivity index (χ1n) is 8.64. The molecule has 0 fully saturated rings. The summed E-state index contributed by atoms with van der Waals surface area (Å²) in [5.41, 5.74) is -0.570. The van der Waals surface area contributed by atoms with Crippen molar-refractivity contribution in [3.05, 3.63) is 47.0 Å². The third-order valence-electron chi connectivity index (χ3n) is 4.36. The van der Waals surface area contributed by atoms with Crippen molar-refractivity contribution < 1.29 is 29.0 Å². The highest BCUT2D eigenvalue weighted by atomic mass is 35.5. The molecule has 0 aliphatic carbocycles. The Morgan fingerprint density at radius 2 is 1.97 bits per heavy atom. The van der Waals surface area contributed by atoms with Crippen LogP contribution in [0.4, 0.5) is 11.4 Å². The van der Waals surface area contributed by atoms with Gasteiger partial charge in [-0.25, -0.2) is 4.79 Å². The molecule has 2 aromatic carbocycles. The zero-order valence-corrected chi connectivity index (χ0v) is 16.7. The third kappa shape index (κ3) is 4.12. The molecule has 0 spiro atoms. The smallest absolute Gasteiger partial charge is 0.335 e. The molecule has 0 unspecified atom stereocenters. The van der Waals surface area contributed by atoms with Gasteiger partial charge < -0.3 is 19.9 Å². The van der Waals surface area contributed by atoms with E-state index >= 15 is 0 Å². The van der Waals surface area contributed by atoms with Gasteiger partial charge >= 0.3 is 5.97 Å². The fourth-order valence-electron chi connectivity index (χ4n) is 2.97. The zero-order chi connectivity index (χ0) is 21.3. The fourth-order valence-corrected chi connectivity index (χ4v) is 3.15. The lowest BCUT2D eigenvalue weighted by Gasteiger charge is -2.38. The number of carbonyl (C=O) groups is 3. The van der Waals surface area contributed by atoms with Crippen molar-refractivity contribution in [1.29, 1.82) is 0 Å². The fraction of sp³-hybridized carbons (Fsp3) is 0.250. The quantitative estimate of drug-likeness (QED) is 0.772. The molecule has 2 aromatic rings. The number of carboxylic acid groups (broad SMARTS) is 1. The van der Waals surface area contributed by atoms with Gasteiger partial charge in [-0.1, -0.05) is 11.6 Å². The summed E-state index contributed by atoms with van der Waals surface area (Å²) in [5.74, 6) is -1.40. The molecular weight excluding hydrogens is 400 g/mol. The number of carbonyl (C=O) groups excluding carboxylic acids is 2. The van der Waals surface area contributed by atoms with Gasteiger partial charge in [0.25, 0.3) is 5.91 Å². The van der Waals surface area contributed by atoms with Crippen LogP contribution in [0.3, 0.4) is 0 Å². The Bertz CT molecular complexity index is 1000. The average Bonchev–Trinajstić information content (AvgIpc) is 2.64. The number of anilines is 2. The van der Waals surface area contributed by atoms with E-state index in [0.717, 1.165) is 0 Å². The van der Waals surface area contributed by atoms with E-state index in [-0.39, 0.29) is 17.9 Å². The molecule has 9 heteroatoms. The maximum absolute atomic E-state index is 12.9. The molecule has 1 aliphatic heterocycles. The minimum atomic E-state index is -1.27. The van der Waals surface area contributed by atoms with Gasteiger partial charge in [-0.2, -0.15) is 0 Å². The number of methoxy groups -OCH3 is 1. The van der Waals surface area contributed by atoms with Crippen LogP contribution in [0.5, 0.6) is 11.5 Å². The van der Waals surface area contributed by atoms with Crippen LogP contribution < -0.4 is 19.7 Å². The van der Waals surface area contributed by atoms with Gasteiger partial charge in [0.05, 0.1) is 24.0 Å². The maximum Gasteiger partial charge on any atom is 0.335 e. The largest absolute Gasteiger partial charge is 0.495 e. The predicted octanol–water partition coefficient (Wildman–Crippen LogP) is 3.19. The molecule has 1 heterocycles. The molecule has 0 bridgehead atoms. The van der Waals surface area contributed by atoms with Crippen molar-refractivity contribution >= 4 is 40.8 Å². The van der Waals surface area contributed by atoms with Gasteiger partial charge in [0.1, 0.15) is 18.0 Å². The summed E-state index contributed by atoms with van der Waals surface area (Å²) in [4.78, 5) is 38.0. The van der Waals surface area contributed by atoms with Crippen molar-refractivity contribution in [2.75, 3.05) is 23.9 Å². The highest BCUT2D eigenvalue weighted by Gasteiger charge is 2.41. The van der Waals surface area contributed by atoms with Gasteiger partial charge in [0.2, 0.25) is 5.91 Å². The van der Waals surface area contributed by atoms with Crippen LogP contribution in [-0.4, -0.2) is 42.1 Å². The molecule has 152 valence electrons. The normalized spacial score (nSPS) is 14.6. The van der Waals surface area contributed by atoms with Gasteiger partial charge in [-0.3, -0.25) is 14.5 Å². The topological polar surface area (TPSA) is 105 Å². The number of hydrogen-bond acceptors (Lipinski definition) is 5. The van der Waals surface area contributed by atoms with E-state index in [1.807, 2.05) is 0 Å². The number of halogens is 1. The number of benzene rings is 2. The van der Waals surface area contributed by atoms with Gasteiger partial charge in [0.15, 0.2) is 5.60 Å². The molecular formula is C20H19ClN2O6. The predicted molar refractivity (Wildman–Crippen MR) is 107 cm³/mol. The number of rotatable bonds is 5. The van der Waals surface area contributed by atoms with E-state index in [1.54, 1.807) is 26.0 Å². The van der Waals surface area contributed by atoms with E-state index in [1.165, 1.54) is 36.3 Å². The minimum absolute atomic E-state index is 0.0157. The molecule has 0 aromatic heterocycles. The van der Waals surface area contributed by atoms with Crippen LogP contribution >= 0.6 is 11.6 Å². The molecule has 8 nitrogen and oxygen atoms in total. The Morgan fingerprint density at radius 3 is 2.62 bits per heavy atom. The highest BCUT2D eigenvalue weighted by molar-refractivity contribution is 6.31. The molecule has 0 saturated heterocycles. The van der Waals surface area contributed by atoms with Crippen molar-refractivity contribution in [3.8, 4) is 11.5 Å². The summed E-state index contributed by atoms with van der Waals surface area (Å²) in [6.07, 6.45) is 0. The van der Waals surface area contributed by atoms with Crippen LogP contribution in [0.25, 0.3) is 0 Å². The molecule has 3 rings (SSSR count). The summed E-state index contributed by atoms with van der Waals surface area (Å²) < 4.78 is 10.9. The van der Waals surface area contributed by atoms with Crippen molar-refractivity contribution in [2.45, 2.75) is 19.4 Å². The number of nitrogens with zero attached hydrogens (tertiary/aromatic N) is 1. The van der Waals surface area contributed by atoms with Crippen LogP contribution in [0.2, 0.25) is 5.02 Å². The number of aromatic carboxylic acids is 1. The Balaban J connectivity index is 1.90. The standard InChI is InChI=1S/C20H19ClN2O6/c1-20(2)19(27)23(14-6-4-11(18(25)26)8-16(14)29-20)10-17(24)22-13-9-12(21)5-7-15(13)28-3/h4-9H,10H2,1-3H3,(H,22,24)(H,25,26). The first-order chi connectivity index (χ1) is 13.6. The zero-order valence-electron chi connectivity index (χ0n) is 16.0. The Labute approximate surface area is 172 Å². The van der Waals surface area contributed by atoms with E-state index < -0.39 is 23.4 Å². The minimum Gasteiger partial charge on any atom is -0.495 e. The first kappa shape index (κ1) is 20.5. The second kappa shape index (κ2) is 7.63. The van der Waals surface area contributed by atoms with Gasteiger partial charge in [0, 0.05) is 5.02 Å². The summed E-state index contributed by atoms with van der Waals surface area (Å²) in [6, 6.07) is 8.90. The molecule has 1 aliphatic rings. The molecule has 2 amide bonds. The number of nitrogens with one attached hydrogen (secondary N) is 1. The maximum atomic E-state index is 12.9. The lowest BCUT2D eigenvalue weighted by atomic mass is 10.0. The van der Waals surface area contributed by atoms with Crippen molar-refractivity contribution in [2.24, 2.45) is 0 Å². The average molecular weight is 419 g/mol. The summed E-state index contributed by atoms with van der Waals surface area (Å²) in [5, 5.41) is 12.3. The lowest BCUT2D eigenvalue weighted by Crippen LogP contribution is -2.54. The van der Waals surface area contributed by atoms with Gasteiger partial charge in [-0.05, 0) is 50.2 Å². The number of amides is 2. The number of hydrogen-bond donors (Lipinski definition) is 2. The van der Waals surface area contributed by atoms with E-state index in [0.29, 0.717) is 22.1 Å². The Morgan fingerprint density at radius 1 is 1.24 bits per heavy atom. The lowest BCUT2D eigenvalue weighted by molar-refractivity contribution is -0.133. The Kier molecular flexibility index (Phi) is 5.39. The van der Waals surface area contributed by atoms with Crippen LogP contribution in [0.1, 0.15) is 24.2 Å². The SMILES string of the molecule is COc1ccc(Cl)cc1NC(=O)CN1C(=O)C(C)(C)Oc2cc(C(=O)O)ccc21. The highest BCUT2D eigenvalue weighted by Crippen LogP contribution is 2.38. The third-order valence-corrected chi connectivity index (χ3v) is 4.60. The van der Waals surface area contributed by atoms with Crippen LogP contribution in [0.15, 0.2) is 36.4 Å². The number of carboxylic acids is 1. The van der Waals surface area contributed by atoms with E-state index in [9.17, 15) is 19.5 Å². The van der Waals surface area contributed by atoms with Crippen molar-refractivity contribution in [1.82, 2.24) is 0 Å². The van der Waals surface area contributed by atoms with Gasteiger partial charge in [-0.15, -0.1) is 0 Å². The molecule has 0 saturated carbocycles. The second-order valence-corrected chi connectivity index (χ2v) is 7.32. The molecule has 0 radical (unpaired) electrons. The Hall–Kier alpha value is -3.26. The molecule has 0 atom stereocenters. The first-order valence-corrected chi connectivity index (χ1v) is 9.02. The molecule has 29 heavy (non-hydrogen) atoms. The summed E-state index contributed by atoms with van der Waals surface area (Å²) in [6.45, 7) is 2.80. The van der Waals surface area contributed by atoms with Crippen LogP contribution in [-0.2, 0) is 9.59 Å².